The topological polar surface area (TPSA) is 327 Å². The number of hydrogen-bond acceptors (Lipinski definition) is 17. The molecular weight excluding hydrogens is 602 g/mol. The van der Waals surface area contributed by atoms with E-state index in [1.165, 1.54) is 4.90 Å². The van der Waals surface area contributed by atoms with Crippen molar-refractivity contribution in [3.05, 3.63) is 0 Å². The van der Waals surface area contributed by atoms with Crippen molar-refractivity contribution >= 4 is 11.7 Å². The summed E-state index contributed by atoms with van der Waals surface area (Å²) in [5.41, 5.74) is 22.4. The number of fused-ring (bicyclic) bond motifs is 1. The van der Waals surface area contributed by atoms with Gasteiger partial charge in [0.2, 0.25) is 5.91 Å². The van der Waals surface area contributed by atoms with Crippen LogP contribution < -0.4 is 28.3 Å². The van der Waals surface area contributed by atoms with Crippen molar-refractivity contribution in [2.75, 3.05) is 33.4 Å². The minimum atomic E-state index is -1.63. The molecule has 4 fully saturated rings. The molecule has 0 spiro atoms. The highest BCUT2D eigenvalue weighted by molar-refractivity contribution is 5.84. The molecule has 3 heterocycles. The number of aliphatic hydroxyl groups is 7. The Hall–Kier alpha value is -1.66. The SMILES string of the molecule is CN1[C@@H]2C(O)[C@@H](OC3C(O)C(O[C@H]4O[C@H](CN=C(N)C(O)CO)CCC4N)[C@@H](N)C[C@H]3NC(=O)[C@@H](O)C[C@@H](O)CN)OCC21O. The summed E-state index contributed by atoms with van der Waals surface area (Å²) in [6.45, 7) is -0.888. The second kappa shape index (κ2) is 15.0. The van der Waals surface area contributed by atoms with Crippen LogP contribution in [-0.4, -0.2) is 177 Å². The quantitative estimate of drug-likeness (QED) is 0.0500. The Morgan fingerprint density at radius 2 is 1.78 bits per heavy atom. The lowest BCUT2D eigenvalue weighted by atomic mass is 9.83. The maximum absolute atomic E-state index is 12.8. The second-order valence-electron chi connectivity index (χ2n) is 12.3. The van der Waals surface area contributed by atoms with E-state index in [1.54, 1.807) is 7.05 Å². The number of likely N-dealkylation sites (N-methyl/N-ethyl adjacent to an activating group) is 1. The molecule has 19 heteroatoms. The van der Waals surface area contributed by atoms with E-state index in [4.69, 9.17) is 47.0 Å². The smallest absolute Gasteiger partial charge is 0.249 e. The average Bonchev–Trinajstić information content (AvgIpc) is 3.57. The van der Waals surface area contributed by atoms with Gasteiger partial charge < -0.3 is 82.9 Å². The summed E-state index contributed by atoms with van der Waals surface area (Å²) >= 11 is 0. The van der Waals surface area contributed by atoms with E-state index in [2.05, 4.69) is 10.3 Å². The third kappa shape index (κ3) is 8.08. The van der Waals surface area contributed by atoms with Crippen molar-refractivity contribution in [1.29, 1.82) is 0 Å². The molecule has 0 aromatic carbocycles. The molecule has 4 aliphatic rings. The molecule has 4 rings (SSSR count). The van der Waals surface area contributed by atoms with Gasteiger partial charge in [0.1, 0.15) is 42.5 Å². The van der Waals surface area contributed by atoms with Crippen LogP contribution in [0.1, 0.15) is 25.7 Å². The number of nitrogens with one attached hydrogen (secondary N) is 1. The lowest BCUT2D eigenvalue weighted by Gasteiger charge is -2.47. The highest BCUT2D eigenvalue weighted by Gasteiger charge is 2.68. The summed E-state index contributed by atoms with van der Waals surface area (Å²) in [6.07, 6.45) is -11.6. The van der Waals surface area contributed by atoms with Crippen molar-refractivity contribution in [3.8, 4) is 0 Å². The zero-order chi connectivity index (χ0) is 33.2. The number of nitrogens with two attached hydrogens (primary N) is 4. The summed E-state index contributed by atoms with van der Waals surface area (Å²) < 4.78 is 23.7. The number of aliphatic hydroxyl groups excluding tert-OH is 6. The molecule has 0 bridgehead atoms. The van der Waals surface area contributed by atoms with Gasteiger partial charge in [-0.15, -0.1) is 0 Å². The van der Waals surface area contributed by atoms with E-state index < -0.39 is 104 Å². The number of amidine groups is 1. The van der Waals surface area contributed by atoms with Crippen molar-refractivity contribution in [3.63, 3.8) is 0 Å². The first-order chi connectivity index (χ1) is 21.2. The van der Waals surface area contributed by atoms with Crippen LogP contribution in [0.15, 0.2) is 4.99 Å². The highest BCUT2D eigenvalue weighted by Crippen LogP contribution is 2.45. The Morgan fingerprint density at radius 3 is 2.44 bits per heavy atom. The predicted octanol–water partition coefficient (Wildman–Crippen LogP) is -7.33. The van der Waals surface area contributed by atoms with Crippen molar-refractivity contribution in [1.82, 2.24) is 10.2 Å². The number of rotatable bonds is 13. The molecule has 260 valence electrons. The van der Waals surface area contributed by atoms with Gasteiger partial charge in [-0.2, -0.15) is 0 Å². The Bertz CT molecular complexity index is 1030. The van der Waals surface area contributed by atoms with Crippen LogP contribution in [0.2, 0.25) is 0 Å². The Balaban J connectivity index is 1.48. The fourth-order valence-electron chi connectivity index (χ4n) is 6.08. The summed E-state index contributed by atoms with van der Waals surface area (Å²) in [7, 11) is 1.60. The van der Waals surface area contributed by atoms with Crippen molar-refractivity contribution in [2.45, 2.75) is 117 Å². The molecule has 3 saturated heterocycles. The van der Waals surface area contributed by atoms with E-state index in [-0.39, 0.29) is 38.4 Å². The number of carbonyl (C=O) groups excluding carboxylic acids is 1. The molecule has 0 aromatic rings. The number of hydrogen-bond donors (Lipinski definition) is 12. The van der Waals surface area contributed by atoms with Crippen LogP contribution in [0, 0.1) is 0 Å². The predicted molar refractivity (Wildman–Crippen MR) is 154 cm³/mol. The monoisotopic (exact) mass is 651 g/mol. The van der Waals surface area contributed by atoms with Crippen LogP contribution in [0.25, 0.3) is 0 Å². The van der Waals surface area contributed by atoms with Crippen molar-refractivity contribution in [2.24, 2.45) is 27.9 Å². The van der Waals surface area contributed by atoms with E-state index in [9.17, 15) is 35.4 Å². The van der Waals surface area contributed by atoms with Gasteiger partial charge in [0.25, 0.3) is 0 Å². The molecule has 8 unspecified atom stereocenters. The van der Waals surface area contributed by atoms with Gasteiger partial charge in [-0.05, 0) is 26.3 Å². The largest absolute Gasteiger partial charge is 0.393 e. The number of amides is 1. The number of nitrogens with zero attached hydrogens (tertiary/aromatic N) is 2. The fraction of sp³-hybridized carbons (Fsp3) is 0.923. The molecule has 16 atom stereocenters. The molecule has 0 aromatic heterocycles. The molecule has 0 radical (unpaired) electrons. The first-order valence-electron chi connectivity index (χ1n) is 15.1. The zero-order valence-electron chi connectivity index (χ0n) is 25.1. The number of ether oxygens (including phenoxy) is 4. The zero-order valence-corrected chi connectivity index (χ0v) is 25.1. The highest BCUT2D eigenvalue weighted by atomic mass is 16.7. The van der Waals surface area contributed by atoms with Gasteiger partial charge >= 0.3 is 0 Å². The van der Waals surface area contributed by atoms with Gasteiger partial charge in [-0.1, -0.05) is 0 Å². The molecule has 16 N–H and O–H groups in total. The number of aliphatic imine (C=N–C) groups is 1. The summed E-state index contributed by atoms with van der Waals surface area (Å²) in [4.78, 5) is 18.4. The van der Waals surface area contributed by atoms with E-state index in [0.29, 0.717) is 12.8 Å². The van der Waals surface area contributed by atoms with Gasteiger partial charge in [-0.3, -0.25) is 14.7 Å². The van der Waals surface area contributed by atoms with Gasteiger partial charge in [-0.25, -0.2) is 0 Å². The van der Waals surface area contributed by atoms with Crippen LogP contribution >= 0.6 is 0 Å². The van der Waals surface area contributed by atoms with E-state index >= 15 is 0 Å². The summed E-state index contributed by atoms with van der Waals surface area (Å²) in [6, 6.07) is -3.21. The molecule has 1 saturated carbocycles. The maximum Gasteiger partial charge on any atom is 0.249 e. The minimum Gasteiger partial charge on any atom is -0.393 e. The molecule has 1 aliphatic carbocycles. The lowest BCUT2D eigenvalue weighted by molar-refractivity contribution is -0.291. The Labute approximate surface area is 260 Å². The fourth-order valence-corrected chi connectivity index (χ4v) is 6.08. The Morgan fingerprint density at radius 1 is 1.09 bits per heavy atom. The van der Waals surface area contributed by atoms with Gasteiger partial charge in [0.15, 0.2) is 18.3 Å². The average molecular weight is 652 g/mol. The van der Waals surface area contributed by atoms with E-state index in [0.717, 1.165) is 0 Å². The van der Waals surface area contributed by atoms with Gasteiger partial charge in [0, 0.05) is 19.0 Å². The van der Waals surface area contributed by atoms with Crippen LogP contribution in [-0.2, 0) is 23.7 Å². The third-order valence-electron chi connectivity index (χ3n) is 8.98. The van der Waals surface area contributed by atoms with Crippen LogP contribution in [0.4, 0.5) is 0 Å². The third-order valence-corrected chi connectivity index (χ3v) is 8.98. The second-order valence-corrected chi connectivity index (χ2v) is 12.3. The molecule has 1 amide bonds. The first kappa shape index (κ1) is 36.2. The molecule has 45 heavy (non-hydrogen) atoms. The van der Waals surface area contributed by atoms with Gasteiger partial charge in [0.05, 0.1) is 50.1 Å². The summed E-state index contributed by atoms with van der Waals surface area (Å²) in [5, 5.41) is 74.3. The summed E-state index contributed by atoms with van der Waals surface area (Å²) in [5.74, 6) is -1.02. The maximum atomic E-state index is 12.8. The molecule has 19 nitrogen and oxygen atoms in total. The molecule has 3 aliphatic heterocycles. The standard InChI is InChI=1S/C26H49N7O12/c1-33-21-18(39)25(42-9-26(21,33)41)45-20-14(32-23(40)15(36)4-10(35)6-27)5-13(29)19(17(20)38)44-24-12(28)3-2-11(43-24)7-31-22(30)16(37)8-34/h10-21,24-25,34-39,41H,2-9,27-29H2,1H3,(H2,30,31)(H,32,40)/t10-,11+,12?,13+,14-,15+,16?,17?,18?,19?,20?,21-,24-,25-,26?,33?/m1/s1. The first-order valence-corrected chi connectivity index (χ1v) is 15.1. The van der Waals surface area contributed by atoms with E-state index in [1.807, 2.05) is 0 Å². The lowest BCUT2D eigenvalue weighted by Crippen LogP contribution is -2.67. The Kier molecular flexibility index (Phi) is 12.1. The number of carbonyl (C=O) groups is 1. The van der Waals surface area contributed by atoms with Crippen LogP contribution in [0.5, 0.6) is 0 Å². The van der Waals surface area contributed by atoms with Crippen LogP contribution in [0.3, 0.4) is 0 Å². The van der Waals surface area contributed by atoms with Crippen molar-refractivity contribution < 1.29 is 59.5 Å². The molecular formula is C26H49N7O12. The minimum absolute atomic E-state index is 0.0222. The normalized spacial score (nSPS) is 44.0.